The summed E-state index contributed by atoms with van der Waals surface area (Å²) in [6, 6.07) is 8.99. The Labute approximate surface area is 87.7 Å². The monoisotopic (exact) mass is 191 g/mol. The van der Waals surface area contributed by atoms with Crippen molar-refractivity contribution >= 4 is 0 Å². The van der Waals surface area contributed by atoms with Gasteiger partial charge < -0.3 is 4.90 Å². The summed E-state index contributed by atoms with van der Waals surface area (Å²) in [6.07, 6.45) is 1.14. The number of rotatable bonds is 4. The van der Waals surface area contributed by atoms with E-state index in [0.29, 0.717) is 5.92 Å². The largest absolute Gasteiger partial charge is 0.309 e. The Morgan fingerprint density at radius 3 is 2.07 bits per heavy atom. The number of hydrogen-bond acceptors (Lipinski definition) is 1. The van der Waals surface area contributed by atoms with Gasteiger partial charge in [-0.25, -0.2) is 0 Å². The van der Waals surface area contributed by atoms with E-state index in [0.717, 1.165) is 13.0 Å². The molecule has 0 aliphatic heterocycles. The standard InChI is InChI=1S/C13H21N/c1-11(2)13-7-5-12(6-8-13)9-10-14(3)4/h5-8,11H,9-10H2,1-4H3. The lowest BCUT2D eigenvalue weighted by Gasteiger charge is -2.10. The molecule has 0 bridgehead atoms. The van der Waals surface area contributed by atoms with Crippen molar-refractivity contribution in [3.63, 3.8) is 0 Å². The molecule has 1 aromatic carbocycles. The molecule has 1 heteroatoms. The zero-order valence-electron chi connectivity index (χ0n) is 9.75. The molecule has 0 radical (unpaired) electrons. The molecule has 0 spiro atoms. The molecular formula is C13H21N. The average Bonchev–Trinajstić information content (AvgIpc) is 2.15. The van der Waals surface area contributed by atoms with Crippen LogP contribution in [0.25, 0.3) is 0 Å². The van der Waals surface area contributed by atoms with Crippen molar-refractivity contribution < 1.29 is 0 Å². The molecule has 0 saturated heterocycles. The average molecular weight is 191 g/mol. The highest BCUT2D eigenvalue weighted by atomic mass is 15.0. The summed E-state index contributed by atoms with van der Waals surface area (Å²) in [5, 5.41) is 0. The van der Waals surface area contributed by atoms with Crippen LogP contribution in [0.3, 0.4) is 0 Å². The van der Waals surface area contributed by atoms with E-state index in [4.69, 9.17) is 0 Å². The fourth-order valence-electron chi connectivity index (χ4n) is 1.42. The lowest BCUT2D eigenvalue weighted by atomic mass is 10.0. The first-order valence-corrected chi connectivity index (χ1v) is 5.33. The smallest absolute Gasteiger partial charge is 0.00157 e. The predicted molar refractivity (Wildman–Crippen MR) is 62.8 cm³/mol. The van der Waals surface area contributed by atoms with E-state index >= 15 is 0 Å². The summed E-state index contributed by atoms with van der Waals surface area (Å²) in [7, 11) is 4.23. The first-order chi connectivity index (χ1) is 6.59. The van der Waals surface area contributed by atoms with Crippen LogP contribution in [0, 0.1) is 0 Å². The zero-order valence-corrected chi connectivity index (χ0v) is 9.75. The quantitative estimate of drug-likeness (QED) is 0.707. The van der Waals surface area contributed by atoms with E-state index in [1.165, 1.54) is 11.1 Å². The molecule has 0 N–H and O–H groups in total. The summed E-state index contributed by atoms with van der Waals surface area (Å²) < 4.78 is 0. The maximum atomic E-state index is 2.25. The van der Waals surface area contributed by atoms with Crippen LogP contribution in [0.2, 0.25) is 0 Å². The molecule has 0 fully saturated rings. The molecule has 0 amide bonds. The van der Waals surface area contributed by atoms with Gasteiger partial charge in [-0.2, -0.15) is 0 Å². The first-order valence-electron chi connectivity index (χ1n) is 5.33. The van der Waals surface area contributed by atoms with E-state index in [9.17, 15) is 0 Å². The molecule has 0 atom stereocenters. The second-order valence-corrected chi connectivity index (χ2v) is 4.45. The van der Waals surface area contributed by atoms with Crippen molar-refractivity contribution in [3.8, 4) is 0 Å². The van der Waals surface area contributed by atoms with Crippen molar-refractivity contribution in [3.05, 3.63) is 35.4 Å². The number of benzene rings is 1. The fourth-order valence-corrected chi connectivity index (χ4v) is 1.42. The molecule has 0 unspecified atom stereocenters. The van der Waals surface area contributed by atoms with Crippen molar-refractivity contribution in [2.45, 2.75) is 26.2 Å². The number of hydrogen-bond donors (Lipinski definition) is 0. The van der Waals surface area contributed by atoms with Crippen LogP contribution < -0.4 is 0 Å². The molecule has 1 rings (SSSR count). The van der Waals surface area contributed by atoms with Crippen molar-refractivity contribution in [1.82, 2.24) is 4.90 Å². The summed E-state index contributed by atoms with van der Waals surface area (Å²) in [5.74, 6) is 0.637. The summed E-state index contributed by atoms with van der Waals surface area (Å²) in [6.45, 7) is 5.59. The Hall–Kier alpha value is -0.820. The van der Waals surface area contributed by atoms with Gasteiger partial charge in [-0.3, -0.25) is 0 Å². The number of likely N-dealkylation sites (N-methyl/N-ethyl adjacent to an activating group) is 1. The van der Waals surface area contributed by atoms with Gasteiger partial charge in [-0.1, -0.05) is 38.1 Å². The molecule has 1 aromatic rings. The lowest BCUT2D eigenvalue weighted by Crippen LogP contribution is -2.14. The van der Waals surface area contributed by atoms with Crippen LogP contribution in [0.5, 0.6) is 0 Å². The third kappa shape index (κ3) is 3.51. The summed E-state index contributed by atoms with van der Waals surface area (Å²) in [5.41, 5.74) is 2.86. The highest BCUT2D eigenvalue weighted by Gasteiger charge is 1.99. The fraction of sp³-hybridized carbons (Fsp3) is 0.538. The van der Waals surface area contributed by atoms with E-state index in [2.05, 4.69) is 57.1 Å². The minimum Gasteiger partial charge on any atom is -0.309 e. The zero-order chi connectivity index (χ0) is 10.6. The first kappa shape index (κ1) is 11.3. The second-order valence-electron chi connectivity index (χ2n) is 4.45. The van der Waals surface area contributed by atoms with Crippen molar-refractivity contribution in [2.24, 2.45) is 0 Å². The van der Waals surface area contributed by atoms with Crippen LogP contribution in [-0.2, 0) is 6.42 Å². The predicted octanol–water partition coefficient (Wildman–Crippen LogP) is 2.91. The van der Waals surface area contributed by atoms with Crippen LogP contribution in [0.15, 0.2) is 24.3 Å². The molecule has 0 aromatic heterocycles. The van der Waals surface area contributed by atoms with Crippen LogP contribution in [0.1, 0.15) is 30.9 Å². The SMILES string of the molecule is CC(C)c1ccc(CCN(C)C)cc1. The van der Waals surface area contributed by atoms with E-state index < -0.39 is 0 Å². The van der Waals surface area contributed by atoms with Gasteiger partial charge in [-0.15, -0.1) is 0 Å². The van der Waals surface area contributed by atoms with E-state index in [1.807, 2.05) is 0 Å². The molecule has 0 aliphatic carbocycles. The maximum absolute atomic E-state index is 2.25. The van der Waals surface area contributed by atoms with E-state index in [-0.39, 0.29) is 0 Å². The maximum Gasteiger partial charge on any atom is 0.00157 e. The molecule has 1 nitrogen and oxygen atoms in total. The third-order valence-electron chi connectivity index (χ3n) is 2.49. The summed E-state index contributed by atoms with van der Waals surface area (Å²) >= 11 is 0. The van der Waals surface area contributed by atoms with Gasteiger partial charge in [0.15, 0.2) is 0 Å². The van der Waals surface area contributed by atoms with Gasteiger partial charge in [0.1, 0.15) is 0 Å². The topological polar surface area (TPSA) is 3.24 Å². The van der Waals surface area contributed by atoms with E-state index in [1.54, 1.807) is 0 Å². The van der Waals surface area contributed by atoms with Gasteiger partial charge in [0.25, 0.3) is 0 Å². The summed E-state index contributed by atoms with van der Waals surface area (Å²) in [4.78, 5) is 2.22. The third-order valence-corrected chi connectivity index (χ3v) is 2.49. The lowest BCUT2D eigenvalue weighted by molar-refractivity contribution is 0.413. The Morgan fingerprint density at radius 1 is 1.07 bits per heavy atom. The van der Waals surface area contributed by atoms with Crippen LogP contribution in [0.4, 0.5) is 0 Å². The Morgan fingerprint density at radius 2 is 1.64 bits per heavy atom. The molecular weight excluding hydrogens is 170 g/mol. The molecule has 0 aliphatic rings. The highest BCUT2D eigenvalue weighted by Crippen LogP contribution is 2.14. The normalized spacial score (nSPS) is 11.3. The molecule has 0 heterocycles. The molecule has 78 valence electrons. The van der Waals surface area contributed by atoms with Crippen LogP contribution in [-0.4, -0.2) is 25.5 Å². The van der Waals surface area contributed by atoms with Gasteiger partial charge in [0.05, 0.1) is 0 Å². The van der Waals surface area contributed by atoms with Crippen LogP contribution >= 0.6 is 0 Å². The molecule has 0 saturated carbocycles. The second kappa shape index (κ2) is 5.16. The Kier molecular flexibility index (Phi) is 4.15. The Bertz CT molecular complexity index is 259. The number of nitrogens with zero attached hydrogens (tertiary/aromatic N) is 1. The van der Waals surface area contributed by atoms with Gasteiger partial charge >= 0.3 is 0 Å². The minimum atomic E-state index is 0.637. The molecule has 14 heavy (non-hydrogen) atoms. The minimum absolute atomic E-state index is 0.637. The van der Waals surface area contributed by atoms with Crippen molar-refractivity contribution in [2.75, 3.05) is 20.6 Å². The van der Waals surface area contributed by atoms with Gasteiger partial charge in [-0.05, 0) is 37.6 Å². The van der Waals surface area contributed by atoms with Crippen molar-refractivity contribution in [1.29, 1.82) is 0 Å². The van der Waals surface area contributed by atoms with Gasteiger partial charge in [0.2, 0.25) is 0 Å². The van der Waals surface area contributed by atoms with Gasteiger partial charge in [0, 0.05) is 6.54 Å². The Balaban J connectivity index is 2.55. The highest BCUT2D eigenvalue weighted by molar-refractivity contribution is 5.24.